The van der Waals surface area contributed by atoms with Crippen LogP contribution in [0.4, 0.5) is 13.2 Å². The molecule has 0 spiro atoms. The Bertz CT molecular complexity index is 511. The molecule has 1 saturated carbocycles. The Balaban J connectivity index is 2.09. The molecule has 1 aromatic rings. The van der Waals surface area contributed by atoms with Crippen molar-refractivity contribution in [2.75, 3.05) is 6.61 Å². The lowest BCUT2D eigenvalue weighted by Gasteiger charge is -2.22. The number of alkyl halides is 3. The number of hydrogen-bond acceptors (Lipinski definition) is 2. The van der Waals surface area contributed by atoms with Crippen LogP contribution in [0.3, 0.4) is 0 Å². The highest BCUT2D eigenvalue weighted by Crippen LogP contribution is 2.34. The predicted molar refractivity (Wildman–Crippen MR) is 73.1 cm³/mol. The van der Waals surface area contributed by atoms with E-state index in [0.717, 1.165) is 25.7 Å². The number of hydrogen-bond donors (Lipinski definition) is 0. The van der Waals surface area contributed by atoms with Crippen molar-refractivity contribution in [2.24, 2.45) is 5.92 Å². The average molecular weight is 298 g/mol. The van der Waals surface area contributed by atoms with Crippen LogP contribution in [0.5, 0.6) is 11.5 Å². The molecule has 0 atom stereocenters. The van der Waals surface area contributed by atoms with Crippen molar-refractivity contribution in [3.05, 3.63) is 23.8 Å². The topological polar surface area (TPSA) is 18.5 Å². The quantitative estimate of drug-likeness (QED) is 0.761. The Morgan fingerprint density at radius 2 is 1.86 bits per heavy atom. The maximum absolute atomic E-state index is 12.4. The van der Waals surface area contributed by atoms with Crippen LogP contribution < -0.4 is 9.47 Å². The van der Waals surface area contributed by atoms with Gasteiger partial charge in [0.25, 0.3) is 0 Å². The van der Waals surface area contributed by atoms with Crippen LogP contribution in [-0.2, 0) is 0 Å². The van der Waals surface area contributed by atoms with E-state index in [0.29, 0.717) is 18.1 Å². The molecule has 0 saturated heterocycles. The Morgan fingerprint density at radius 3 is 2.48 bits per heavy atom. The van der Waals surface area contributed by atoms with Gasteiger partial charge in [0.1, 0.15) is 0 Å². The molecule has 1 aliphatic carbocycles. The molecular weight excluding hydrogens is 281 g/mol. The lowest BCUT2D eigenvalue weighted by molar-refractivity contribution is -0.275. The summed E-state index contributed by atoms with van der Waals surface area (Å²) in [6, 6.07) is 4.00. The fraction of sp³-hybridized carbons (Fsp3) is 0.500. The number of halogens is 3. The molecule has 1 aliphatic rings. The van der Waals surface area contributed by atoms with Gasteiger partial charge >= 0.3 is 6.36 Å². The second-order valence-corrected chi connectivity index (χ2v) is 5.17. The van der Waals surface area contributed by atoms with Gasteiger partial charge in [0, 0.05) is 5.56 Å². The zero-order valence-electron chi connectivity index (χ0n) is 11.6. The highest BCUT2D eigenvalue weighted by atomic mass is 19.4. The highest BCUT2D eigenvalue weighted by molar-refractivity contribution is 5.47. The van der Waals surface area contributed by atoms with Crippen molar-refractivity contribution in [1.29, 1.82) is 0 Å². The van der Waals surface area contributed by atoms with Crippen LogP contribution >= 0.6 is 0 Å². The van der Waals surface area contributed by atoms with Crippen LogP contribution in [0.15, 0.2) is 18.2 Å². The molecule has 2 rings (SSSR count). The van der Waals surface area contributed by atoms with Gasteiger partial charge < -0.3 is 9.47 Å². The van der Waals surface area contributed by atoms with Crippen molar-refractivity contribution in [3.8, 4) is 23.8 Å². The highest BCUT2D eigenvalue weighted by Gasteiger charge is 2.32. The number of benzene rings is 1. The lowest BCUT2D eigenvalue weighted by Crippen LogP contribution is -2.19. The zero-order chi connectivity index (χ0) is 15.3. The molecule has 0 amide bonds. The molecule has 114 valence electrons. The monoisotopic (exact) mass is 298 g/mol. The van der Waals surface area contributed by atoms with E-state index in [1.54, 1.807) is 0 Å². The summed E-state index contributed by atoms with van der Waals surface area (Å²) in [5.74, 6) is 2.46. The minimum Gasteiger partial charge on any atom is -0.489 e. The van der Waals surface area contributed by atoms with Crippen LogP contribution in [0.2, 0.25) is 0 Å². The normalized spacial score (nSPS) is 16.3. The molecular formula is C16H17F3O2. The molecule has 0 bridgehead atoms. The minimum absolute atomic E-state index is 0.0494. The molecule has 0 N–H and O–H groups in total. The molecule has 0 aliphatic heterocycles. The summed E-state index contributed by atoms with van der Waals surface area (Å²) in [5, 5.41) is 0. The van der Waals surface area contributed by atoms with E-state index in [9.17, 15) is 13.2 Å². The molecule has 0 heterocycles. The van der Waals surface area contributed by atoms with E-state index in [-0.39, 0.29) is 11.5 Å². The maximum Gasteiger partial charge on any atom is 0.573 e. The zero-order valence-corrected chi connectivity index (χ0v) is 11.6. The van der Waals surface area contributed by atoms with Crippen LogP contribution in [0, 0.1) is 18.3 Å². The summed E-state index contributed by atoms with van der Waals surface area (Å²) in [7, 11) is 0. The molecule has 0 unspecified atom stereocenters. The average Bonchev–Trinajstić information content (AvgIpc) is 2.46. The molecule has 1 aromatic carbocycles. The van der Waals surface area contributed by atoms with E-state index in [2.05, 4.69) is 10.7 Å². The first-order valence-corrected chi connectivity index (χ1v) is 6.97. The smallest absolute Gasteiger partial charge is 0.489 e. The van der Waals surface area contributed by atoms with E-state index in [1.165, 1.54) is 24.6 Å². The summed E-state index contributed by atoms with van der Waals surface area (Å²) in [5.41, 5.74) is 0.461. The van der Waals surface area contributed by atoms with Crippen molar-refractivity contribution >= 4 is 0 Å². The van der Waals surface area contributed by atoms with Crippen LogP contribution in [-0.4, -0.2) is 13.0 Å². The Kier molecular flexibility index (Phi) is 5.00. The second kappa shape index (κ2) is 6.75. The molecule has 21 heavy (non-hydrogen) atoms. The largest absolute Gasteiger partial charge is 0.573 e. The third-order valence-corrected chi connectivity index (χ3v) is 3.54. The molecule has 0 radical (unpaired) electrons. The van der Waals surface area contributed by atoms with Gasteiger partial charge in [-0.1, -0.05) is 25.2 Å². The standard InChI is InChI=1S/C16H17F3O2/c1-2-12-8-9-14(21-16(17,18)19)15(10-12)20-11-13-6-4-3-5-7-13/h1,8-10,13H,3-7,11H2. The second-order valence-electron chi connectivity index (χ2n) is 5.17. The summed E-state index contributed by atoms with van der Waals surface area (Å²) in [6.45, 7) is 0.391. The van der Waals surface area contributed by atoms with E-state index >= 15 is 0 Å². The molecule has 0 aromatic heterocycles. The number of rotatable bonds is 4. The van der Waals surface area contributed by atoms with Gasteiger partial charge in [-0.25, -0.2) is 0 Å². The van der Waals surface area contributed by atoms with Crippen molar-refractivity contribution in [3.63, 3.8) is 0 Å². The van der Waals surface area contributed by atoms with E-state index in [4.69, 9.17) is 11.2 Å². The van der Waals surface area contributed by atoms with Crippen LogP contribution in [0.25, 0.3) is 0 Å². The van der Waals surface area contributed by atoms with Gasteiger partial charge in [-0.05, 0) is 37.0 Å². The predicted octanol–water partition coefficient (Wildman–Crippen LogP) is 4.53. The fourth-order valence-electron chi connectivity index (χ4n) is 2.48. The van der Waals surface area contributed by atoms with Crippen molar-refractivity contribution in [2.45, 2.75) is 38.5 Å². The SMILES string of the molecule is C#Cc1ccc(OC(F)(F)F)c(OCC2CCCCC2)c1. The summed E-state index contributed by atoms with van der Waals surface area (Å²) < 4.78 is 46.7. The van der Waals surface area contributed by atoms with Crippen molar-refractivity contribution in [1.82, 2.24) is 0 Å². The number of terminal acetylenes is 1. The first-order chi connectivity index (χ1) is 9.98. The summed E-state index contributed by atoms with van der Waals surface area (Å²) >= 11 is 0. The minimum atomic E-state index is -4.75. The first kappa shape index (κ1) is 15.6. The van der Waals surface area contributed by atoms with E-state index in [1.807, 2.05) is 0 Å². The van der Waals surface area contributed by atoms with Gasteiger partial charge in [-0.15, -0.1) is 19.6 Å². The summed E-state index contributed by atoms with van der Waals surface area (Å²) in [4.78, 5) is 0. The van der Waals surface area contributed by atoms with Gasteiger partial charge in [-0.2, -0.15) is 0 Å². The number of ether oxygens (including phenoxy) is 2. The third kappa shape index (κ3) is 4.89. The van der Waals surface area contributed by atoms with Gasteiger partial charge in [0.15, 0.2) is 11.5 Å². The first-order valence-electron chi connectivity index (χ1n) is 6.97. The Hall–Kier alpha value is -1.83. The maximum atomic E-state index is 12.4. The van der Waals surface area contributed by atoms with E-state index < -0.39 is 6.36 Å². The Morgan fingerprint density at radius 1 is 1.14 bits per heavy atom. The van der Waals surface area contributed by atoms with Crippen molar-refractivity contribution < 1.29 is 22.6 Å². The Labute approximate surface area is 122 Å². The fourth-order valence-corrected chi connectivity index (χ4v) is 2.48. The third-order valence-electron chi connectivity index (χ3n) is 3.54. The van der Waals surface area contributed by atoms with Gasteiger partial charge in [0.05, 0.1) is 6.61 Å². The van der Waals surface area contributed by atoms with Gasteiger partial charge in [0.2, 0.25) is 0 Å². The lowest BCUT2D eigenvalue weighted by atomic mass is 9.90. The molecule has 1 fully saturated rings. The van der Waals surface area contributed by atoms with Crippen LogP contribution in [0.1, 0.15) is 37.7 Å². The molecule has 5 heteroatoms. The molecule has 2 nitrogen and oxygen atoms in total. The van der Waals surface area contributed by atoms with Gasteiger partial charge in [-0.3, -0.25) is 0 Å². The summed E-state index contributed by atoms with van der Waals surface area (Å²) in [6.07, 6.45) is 6.11.